The van der Waals surface area contributed by atoms with Crippen molar-refractivity contribution in [2.24, 2.45) is 0 Å². The van der Waals surface area contributed by atoms with Gasteiger partial charge in [-0.1, -0.05) is 60.3 Å². The fourth-order valence-electron chi connectivity index (χ4n) is 4.17. The van der Waals surface area contributed by atoms with E-state index in [9.17, 15) is 4.79 Å². The summed E-state index contributed by atoms with van der Waals surface area (Å²) >= 11 is 0. The molecule has 1 amide bonds. The molecule has 9 nitrogen and oxygen atoms in total. The number of nitrogens with zero attached hydrogens (tertiary/aromatic N) is 4. The maximum absolute atomic E-state index is 11.7. The molecule has 2 N–H and O–H groups in total. The number of nitrogens with two attached hydrogens (primary N) is 1. The van der Waals surface area contributed by atoms with E-state index in [-0.39, 0.29) is 18.7 Å². The van der Waals surface area contributed by atoms with Crippen molar-refractivity contribution in [2.75, 3.05) is 50.0 Å². The van der Waals surface area contributed by atoms with Crippen LogP contribution in [0.4, 0.5) is 16.3 Å². The van der Waals surface area contributed by atoms with Gasteiger partial charge in [0.2, 0.25) is 0 Å². The van der Waals surface area contributed by atoms with Crippen LogP contribution in [0, 0.1) is 0 Å². The number of carbonyl (C=O) groups is 1. The molecule has 1 aliphatic heterocycles. The molecule has 0 spiro atoms. The maximum Gasteiger partial charge on any atom is 0.410 e. The molecule has 9 heteroatoms. The molecule has 0 bridgehead atoms. The Labute approximate surface area is 238 Å². The highest BCUT2D eigenvalue weighted by atomic mass is 16.6. The Balaban J connectivity index is 0.00000134. The third-order valence-corrected chi connectivity index (χ3v) is 5.88. The van der Waals surface area contributed by atoms with Gasteiger partial charge in [-0.2, -0.15) is 9.97 Å². The molecule has 2 aromatic carbocycles. The third kappa shape index (κ3) is 8.24. The lowest BCUT2D eigenvalue weighted by atomic mass is 10.1. The Bertz CT molecular complexity index is 1230. The highest BCUT2D eigenvalue weighted by molar-refractivity contribution is 5.91. The molecule has 3 aromatic rings. The monoisotopic (exact) mass is 551 g/mol. The van der Waals surface area contributed by atoms with Crippen LogP contribution in [0.1, 0.15) is 59.9 Å². The first-order chi connectivity index (χ1) is 19.5. The number of ether oxygens (including phenoxy) is 3. The first-order valence-electron chi connectivity index (χ1n) is 14.3. The summed E-state index contributed by atoms with van der Waals surface area (Å²) in [6.45, 7) is 19.5. The van der Waals surface area contributed by atoms with Gasteiger partial charge in [-0.05, 0) is 43.2 Å². The van der Waals surface area contributed by atoms with Crippen LogP contribution in [-0.4, -0.2) is 60.4 Å². The average molecular weight is 552 g/mol. The smallest absolute Gasteiger partial charge is 0.410 e. The van der Waals surface area contributed by atoms with Gasteiger partial charge in [-0.3, -0.25) is 0 Å². The number of carbonyl (C=O) groups excluding carboxylic acids is 1. The SMILES string of the molecule is C=Cc1c(N)cccc1Oc1ccc2nc(OCCN3CCOC3=O)nc(N(CCC)CCC)c2c1.CC.CC. The van der Waals surface area contributed by atoms with Crippen LogP contribution in [0.15, 0.2) is 43.0 Å². The van der Waals surface area contributed by atoms with Gasteiger partial charge in [-0.15, -0.1) is 0 Å². The molecule has 0 radical (unpaired) electrons. The average Bonchev–Trinajstić information content (AvgIpc) is 3.39. The fraction of sp³-hybridized carbons (Fsp3) is 0.452. The van der Waals surface area contributed by atoms with Gasteiger partial charge >= 0.3 is 12.1 Å². The Morgan fingerprint density at radius 2 is 1.82 bits per heavy atom. The molecule has 218 valence electrons. The predicted octanol–water partition coefficient (Wildman–Crippen LogP) is 7.16. The molecule has 1 aromatic heterocycles. The lowest BCUT2D eigenvalue weighted by Crippen LogP contribution is -2.29. The van der Waals surface area contributed by atoms with E-state index in [2.05, 4.69) is 30.3 Å². The third-order valence-electron chi connectivity index (χ3n) is 5.88. The summed E-state index contributed by atoms with van der Waals surface area (Å²) < 4.78 is 17.1. The number of anilines is 2. The second kappa shape index (κ2) is 16.8. The zero-order valence-electron chi connectivity index (χ0n) is 24.9. The van der Waals surface area contributed by atoms with Crippen molar-refractivity contribution in [3.63, 3.8) is 0 Å². The Hall–Kier alpha value is -4.01. The van der Waals surface area contributed by atoms with E-state index in [1.165, 1.54) is 0 Å². The molecule has 4 rings (SSSR count). The Morgan fingerprint density at radius 3 is 2.45 bits per heavy atom. The molecule has 1 saturated heterocycles. The van der Waals surface area contributed by atoms with Crippen molar-refractivity contribution in [1.82, 2.24) is 14.9 Å². The van der Waals surface area contributed by atoms with E-state index in [1.807, 2.05) is 64.1 Å². The molecule has 1 fully saturated rings. The lowest BCUT2D eigenvalue weighted by Gasteiger charge is -2.24. The number of amides is 1. The number of hydrogen-bond acceptors (Lipinski definition) is 8. The quantitative estimate of drug-likeness (QED) is 0.237. The largest absolute Gasteiger partial charge is 0.462 e. The van der Waals surface area contributed by atoms with Crippen LogP contribution in [0.3, 0.4) is 0 Å². The zero-order valence-corrected chi connectivity index (χ0v) is 24.9. The highest BCUT2D eigenvalue weighted by Gasteiger charge is 2.22. The van der Waals surface area contributed by atoms with Crippen molar-refractivity contribution < 1.29 is 19.0 Å². The topological polar surface area (TPSA) is 103 Å². The number of cyclic esters (lactones) is 1. The van der Waals surface area contributed by atoms with Gasteiger partial charge in [0, 0.05) is 29.7 Å². The number of rotatable bonds is 12. The van der Waals surface area contributed by atoms with Crippen molar-refractivity contribution in [2.45, 2.75) is 54.4 Å². The summed E-state index contributed by atoms with van der Waals surface area (Å²) in [5.74, 6) is 2.07. The van der Waals surface area contributed by atoms with Gasteiger partial charge in [-0.25, -0.2) is 4.79 Å². The normalized spacial score (nSPS) is 12.1. The van der Waals surface area contributed by atoms with E-state index in [4.69, 9.17) is 24.9 Å². The summed E-state index contributed by atoms with van der Waals surface area (Å²) in [5.41, 5.74) is 8.19. The summed E-state index contributed by atoms with van der Waals surface area (Å²) in [6.07, 6.45) is 3.32. The standard InChI is InChI=1S/C27H33N5O4.2C2H6/c1-4-12-31(13-5-2)25-21-18-19(36-24-9-7-8-22(28)20(24)6-3)10-11-23(21)29-26(30-25)34-16-14-32-15-17-35-27(32)33;2*1-2/h6-11,18H,3-5,12-17,28H2,1-2H3;2*1-2H3. The van der Waals surface area contributed by atoms with Crippen LogP contribution in [0.2, 0.25) is 0 Å². The van der Waals surface area contributed by atoms with Crippen LogP contribution in [-0.2, 0) is 4.74 Å². The number of nitrogen functional groups attached to an aromatic ring is 1. The molecule has 0 saturated carbocycles. The van der Waals surface area contributed by atoms with Crippen molar-refractivity contribution in [3.05, 3.63) is 48.5 Å². The molecule has 1 aliphatic rings. The molecule has 0 unspecified atom stereocenters. The van der Waals surface area contributed by atoms with Crippen LogP contribution in [0.25, 0.3) is 17.0 Å². The van der Waals surface area contributed by atoms with Crippen molar-refractivity contribution in [3.8, 4) is 17.5 Å². The van der Waals surface area contributed by atoms with E-state index >= 15 is 0 Å². The number of hydrogen-bond donors (Lipinski definition) is 1. The fourth-order valence-corrected chi connectivity index (χ4v) is 4.17. The van der Waals surface area contributed by atoms with Gasteiger partial charge < -0.3 is 29.7 Å². The van der Waals surface area contributed by atoms with Gasteiger partial charge in [0.05, 0.1) is 18.6 Å². The van der Waals surface area contributed by atoms with E-state index in [0.717, 1.165) is 48.2 Å². The predicted molar refractivity (Wildman–Crippen MR) is 164 cm³/mol. The van der Waals surface area contributed by atoms with E-state index in [1.54, 1.807) is 11.0 Å². The number of benzene rings is 2. The van der Waals surface area contributed by atoms with E-state index in [0.29, 0.717) is 36.9 Å². The molecule has 0 aliphatic carbocycles. The second-order valence-corrected chi connectivity index (χ2v) is 8.51. The molecule has 0 atom stereocenters. The minimum Gasteiger partial charge on any atom is -0.462 e. The minimum atomic E-state index is -0.317. The Kier molecular flexibility index (Phi) is 13.6. The van der Waals surface area contributed by atoms with Crippen molar-refractivity contribution >= 4 is 34.6 Å². The van der Waals surface area contributed by atoms with Crippen LogP contribution < -0.4 is 20.1 Å². The molecule has 40 heavy (non-hydrogen) atoms. The van der Waals surface area contributed by atoms with Gasteiger partial charge in [0.15, 0.2) is 0 Å². The summed E-state index contributed by atoms with van der Waals surface area (Å²) in [6, 6.07) is 11.5. The lowest BCUT2D eigenvalue weighted by molar-refractivity contribution is 0.152. The highest BCUT2D eigenvalue weighted by Crippen LogP contribution is 2.34. The first kappa shape index (κ1) is 32.2. The maximum atomic E-state index is 11.7. The minimum absolute atomic E-state index is 0.278. The zero-order chi connectivity index (χ0) is 29.5. The Morgan fingerprint density at radius 1 is 1.10 bits per heavy atom. The summed E-state index contributed by atoms with van der Waals surface area (Å²) in [5, 5.41) is 0.869. The second-order valence-electron chi connectivity index (χ2n) is 8.51. The van der Waals surface area contributed by atoms with Crippen LogP contribution in [0.5, 0.6) is 17.5 Å². The van der Waals surface area contributed by atoms with Crippen molar-refractivity contribution in [1.29, 1.82) is 0 Å². The molecule has 2 heterocycles. The molecular weight excluding hydrogens is 506 g/mol. The number of fused-ring (bicyclic) bond motifs is 1. The molecular formula is C31H45N5O4. The van der Waals surface area contributed by atoms with Gasteiger partial charge in [0.25, 0.3) is 0 Å². The van der Waals surface area contributed by atoms with Gasteiger partial charge in [0.1, 0.15) is 30.5 Å². The number of aromatic nitrogens is 2. The van der Waals surface area contributed by atoms with E-state index < -0.39 is 0 Å². The summed E-state index contributed by atoms with van der Waals surface area (Å²) in [7, 11) is 0. The summed E-state index contributed by atoms with van der Waals surface area (Å²) in [4.78, 5) is 25.0. The first-order valence-corrected chi connectivity index (χ1v) is 14.3. The van der Waals surface area contributed by atoms with Crippen LogP contribution >= 0.6 is 0 Å².